The molecule has 1 amide bonds. The van der Waals surface area contributed by atoms with Crippen LogP contribution in [0.3, 0.4) is 0 Å². The highest BCUT2D eigenvalue weighted by atomic mass is 32.1. The van der Waals surface area contributed by atoms with Crippen LogP contribution in [-0.2, 0) is 0 Å². The summed E-state index contributed by atoms with van der Waals surface area (Å²) in [5.41, 5.74) is -0.131. The second-order valence-corrected chi connectivity index (χ2v) is 5.85. The predicted molar refractivity (Wildman–Crippen MR) is 66.7 cm³/mol. The molecule has 0 radical (unpaired) electrons. The van der Waals surface area contributed by atoms with Crippen molar-refractivity contribution in [1.29, 1.82) is 0 Å². The molecule has 0 aromatic carbocycles. The van der Waals surface area contributed by atoms with Gasteiger partial charge in [0.1, 0.15) is 0 Å². The van der Waals surface area contributed by atoms with E-state index >= 15 is 0 Å². The first kappa shape index (κ1) is 13.2. The van der Waals surface area contributed by atoms with E-state index in [9.17, 15) is 9.90 Å². The lowest BCUT2D eigenvalue weighted by atomic mass is 9.87. The fourth-order valence-corrected chi connectivity index (χ4v) is 1.89. The first-order valence-electron chi connectivity index (χ1n) is 5.41. The highest BCUT2D eigenvalue weighted by Crippen LogP contribution is 2.21. The molecule has 0 aliphatic rings. The zero-order chi connectivity index (χ0) is 12.2. The SMILES string of the molecule is CC(C)(C)[C@H](O)CCNC(=O)c1cccs1. The standard InChI is InChI=1S/C12H19NO2S/c1-12(2,3)10(14)6-7-13-11(15)9-5-4-8-16-9/h4-5,8,10,14H,6-7H2,1-3H3,(H,13,15)/t10-/m1/s1. The summed E-state index contributed by atoms with van der Waals surface area (Å²) in [7, 11) is 0. The molecule has 2 N–H and O–H groups in total. The van der Waals surface area contributed by atoms with Crippen molar-refractivity contribution in [3.05, 3.63) is 22.4 Å². The van der Waals surface area contributed by atoms with Gasteiger partial charge in [-0.15, -0.1) is 11.3 Å². The number of rotatable bonds is 4. The van der Waals surface area contributed by atoms with Crippen LogP contribution in [0.5, 0.6) is 0 Å². The second-order valence-electron chi connectivity index (χ2n) is 4.90. The van der Waals surface area contributed by atoms with Crippen molar-refractivity contribution < 1.29 is 9.90 Å². The van der Waals surface area contributed by atoms with Crippen LogP contribution in [0.25, 0.3) is 0 Å². The molecule has 0 spiro atoms. The molecule has 1 aromatic heterocycles. The number of carbonyl (C=O) groups is 1. The lowest BCUT2D eigenvalue weighted by Gasteiger charge is -2.25. The van der Waals surface area contributed by atoms with E-state index in [1.54, 1.807) is 6.07 Å². The quantitative estimate of drug-likeness (QED) is 0.849. The molecule has 4 heteroatoms. The zero-order valence-corrected chi connectivity index (χ0v) is 10.8. The average molecular weight is 241 g/mol. The number of hydrogen-bond acceptors (Lipinski definition) is 3. The van der Waals surface area contributed by atoms with E-state index in [0.717, 1.165) is 0 Å². The van der Waals surface area contributed by atoms with Crippen LogP contribution < -0.4 is 5.32 Å². The van der Waals surface area contributed by atoms with Gasteiger partial charge in [-0.3, -0.25) is 4.79 Å². The monoisotopic (exact) mass is 241 g/mol. The van der Waals surface area contributed by atoms with Gasteiger partial charge >= 0.3 is 0 Å². The van der Waals surface area contributed by atoms with Crippen molar-refractivity contribution in [1.82, 2.24) is 5.32 Å². The summed E-state index contributed by atoms with van der Waals surface area (Å²) in [5, 5.41) is 14.5. The molecular formula is C12H19NO2S. The second kappa shape index (κ2) is 5.46. The molecule has 1 rings (SSSR count). The van der Waals surface area contributed by atoms with Gasteiger partial charge in [-0.1, -0.05) is 26.8 Å². The molecule has 0 saturated carbocycles. The summed E-state index contributed by atoms with van der Waals surface area (Å²) in [6, 6.07) is 3.64. The molecule has 0 saturated heterocycles. The number of hydrogen-bond donors (Lipinski definition) is 2. The molecule has 1 heterocycles. The summed E-state index contributed by atoms with van der Waals surface area (Å²) in [4.78, 5) is 12.3. The van der Waals surface area contributed by atoms with Crippen LogP contribution >= 0.6 is 11.3 Å². The van der Waals surface area contributed by atoms with Gasteiger partial charge in [0.25, 0.3) is 5.91 Å². The summed E-state index contributed by atoms with van der Waals surface area (Å²) in [6.45, 7) is 6.46. The smallest absolute Gasteiger partial charge is 0.261 e. The maximum atomic E-state index is 11.6. The fraction of sp³-hybridized carbons (Fsp3) is 0.583. The van der Waals surface area contributed by atoms with E-state index < -0.39 is 6.10 Å². The number of amides is 1. The maximum absolute atomic E-state index is 11.6. The normalized spacial score (nSPS) is 13.5. The topological polar surface area (TPSA) is 49.3 Å². The molecule has 0 aliphatic carbocycles. The largest absolute Gasteiger partial charge is 0.393 e. The minimum Gasteiger partial charge on any atom is -0.393 e. The van der Waals surface area contributed by atoms with Gasteiger partial charge in [0.05, 0.1) is 11.0 Å². The number of carbonyl (C=O) groups excluding carboxylic acids is 1. The Morgan fingerprint density at radius 1 is 1.56 bits per heavy atom. The van der Waals surface area contributed by atoms with Crippen LogP contribution in [0.2, 0.25) is 0 Å². The Labute approximate surface area is 100 Å². The minimum atomic E-state index is -0.392. The van der Waals surface area contributed by atoms with Crippen LogP contribution in [0, 0.1) is 5.41 Å². The van der Waals surface area contributed by atoms with E-state index in [1.807, 2.05) is 32.2 Å². The first-order chi connectivity index (χ1) is 7.41. The van der Waals surface area contributed by atoms with Crippen molar-refractivity contribution in [3.8, 4) is 0 Å². The van der Waals surface area contributed by atoms with Gasteiger partial charge in [0, 0.05) is 6.54 Å². The minimum absolute atomic E-state index is 0.0592. The van der Waals surface area contributed by atoms with Crippen molar-refractivity contribution in [2.75, 3.05) is 6.54 Å². The summed E-state index contributed by atoms with van der Waals surface area (Å²) in [6.07, 6.45) is 0.191. The first-order valence-corrected chi connectivity index (χ1v) is 6.29. The van der Waals surface area contributed by atoms with Crippen LogP contribution in [-0.4, -0.2) is 23.7 Å². The highest BCUT2D eigenvalue weighted by Gasteiger charge is 2.21. The Hall–Kier alpha value is -0.870. The fourth-order valence-electron chi connectivity index (χ4n) is 1.25. The molecule has 0 fully saturated rings. The zero-order valence-electron chi connectivity index (χ0n) is 9.99. The van der Waals surface area contributed by atoms with Gasteiger partial charge in [-0.05, 0) is 23.3 Å². The van der Waals surface area contributed by atoms with Crippen LogP contribution in [0.4, 0.5) is 0 Å². The lowest BCUT2D eigenvalue weighted by Crippen LogP contribution is -2.32. The number of aliphatic hydroxyl groups is 1. The van der Waals surface area contributed by atoms with E-state index in [0.29, 0.717) is 17.8 Å². The molecule has 3 nitrogen and oxygen atoms in total. The van der Waals surface area contributed by atoms with Gasteiger partial charge in [0.2, 0.25) is 0 Å². The Bertz CT molecular complexity index is 327. The summed E-state index contributed by atoms with van der Waals surface area (Å²) >= 11 is 1.42. The van der Waals surface area contributed by atoms with Crippen LogP contribution in [0.1, 0.15) is 36.9 Å². The Morgan fingerprint density at radius 3 is 2.75 bits per heavy atom. The van der Waals surface area contributed by atoms with Gasteiger partial charge in [-0.2, -0.15) is 0 Å². The van der Waals surface area contributed by atoms with Crippen molar-refractivity contribution >= 4 is 17.2 Å². The van der Waals surface area contributed by atoms with E-state index in [2.05, 4.69) is 5.32 Å². The summed E-state index contributed by atoms with van der Waals surface area (Å²) < 4.78 is 0. The van der Waals surface area contributed by atoms with Gasteiger partial charge in [0.15, 0.2) is 0 Å². The molecule has 16 heavy (non-hydrogen) atoms. The molecule has 1 aromatic rings. The molecular weight excluding hydrogens is 222 g/mol. The third-order valence-electron chi connectivity index (χ3n) is 2.45. The van der Waals surface area contributed by atoms with Crippen molar-refractivity contribution in [3.63, 3.8) is 0 Å². The van der Waals surface area contributed by atoms with Gasteiger partial charge in [-0.25, -0.2) is 0 Å². The van der Waals surface area contributed by atoms with E-state index in [1.165, 1.54) is 11.3 Å². The molecule has 90 valence electrons. The Kier molecular flexibility index (Phi) is 4.50. The van der Waals surface area contributed by atoms with E-state index in [4.69, 9.17) is 0 Å². The predicted octanol–water partition coefficient (Wildman–Crippen LogP) is 2.28. The number of thiophene rings is 1. The maximum Gasteiger partial charge on any atom is 0.261 e. The average Bonchev–Trinajstić information content (AvgIpc) is 2.68. The molecule has 0 bridgehead atoms. The molecule has 1 atom stereocenters. The number of nitrogens with one attached hydrogen (secondary N) is 1. The molecule has 0 unspecified atom stereocenters. The molecule has 0 aliphatic heterocycles. The lowest BCUT2D eigenvalue weighted by molar-refractivity contribution is 0.0551. The number of aliphatic hydroxyl groups excluding tert-OH is 1. The highest BCUT2D eigenvalue weighted by molar-refractivity contribution is 7.12. The van der Waals surface area contributed by atoms with Crippen molar-refractivity contribution in [2.45, 2.75) is 33.3 Å². The van der Waals surface area contributed by atoms with Crippen LogP contribution in [0.15, 0.2) is 17.5 Å². The van der Waals surface area contributed by atoms with E-state index in [-0.39, 0.29) is 11.3 Å². The Balaban J connectivity index is 2.29. The third kappa shape index (κ3) is 3.94. The summed E-state index contributed by atoms with van der Waals surface area (Å²) in [5.74, 6) is -0.0592. The Morgan fingerprint density at radius 2 is 2.25 bits per heavy atom. The van der Waals surface area contributed by atoms with Gasteiger partial charge < -0.3 is 10.4 Å². The van der Waals surface area contributed by atoms with Crippen molar-refractivity contribution in [2.24, 2.45) is 5.41 Å². The third-order valence-corrected chi connectivity index (χ3v) is 3.32.